The van der Waals surface area contributed by atoms with Gasteiger partial charge in [-0.1, -0.05) is 18.5 Å². The number of carbonyl (C=O) groups is 1. The van der Waals surface area contributed by atoms with Gasteiger partial charge in [-0.05, 0) is 37.5 Å². The number of halogens is 2. The Morgan fingerprint density at radius 1 is 1.31 bits per heavy atom. The summed E-state index contributed by atoms with van der Waals surface area (Å²) >= 11 is 6.31. The molecule has 1 unspecified atom stereocenters. The maximum atomic E-state index is 11.9. The molecule has 0 aromatic heterocycles. The Morgan fingerprint density at radius 2 is 2.10 bits per heavy atom. The Labute approximate surface area is 194 Å². The van der Waals surface area contributed by atoms with Crippen molar-refractivity contribution in [2.45, 2.75) is 39.2 Å². The summed E-state index contributed by atoms with van der Waals surface area (Å²) in [6.07, 6.45) is 2.24. The van der Waals surface area contributed by atoms with E-state index in [0.29, 0.717) is 42.7 Å². The van der Waals surface area contributed by atoms with E-state index in [1.807, 2.05) is 30.9 Å². The van der Waals surface area contributed by atoms with Gasteiger partial charge in [0.25, 0.3) is 0 Å². The molecule has 7 nitrogen and oxygen atoms in total. The number of likely N-dealkylation sites (tertiary alicyclic amines) is 1. The summed E-state index contributed by atoms with van der Waals surface area (Å²) in [6.45, 7) is 7.95. The summed E-state index contributed by atoms with van der Waals surface area (Å²) in [7, 11) is 0. The van der Waals surface area contributed by atoms with Crippen LogP contribution in [0.3, 0.4) is 0 Å². The molecule has 9 heteroatoms. The number of nitrogens with zero attached hydrogens (tertiary/aromatic N) is 2. The first-order valence-corrected chi connectivity index (χ1v) is 10.4. The van der Waals surface area contributed by atoms with Gasteiger partial charge in [0.15, 0.2) is 17.5 Å². The molecule has 0 radical (unpaired) electrons. The number of benzene rings is 1. The van der Waals surface area contributed by atoms with Crippen LogP contribution in [0.4, 0.5) is 0 Å². The van der Waals surface area contributed by atoms with E-state index in [4.69, 9.17) is 21.1 Å². The number of guanidine groups is 1. The number of ether oxygens (including phenoxy) is 2. The number of nitrogens with one attached hydrogen (secondary N) is 2. The first-order valence-electron chi connectivity index (χ1n) is 10.0. The predicted molar refractivity (Wildman–Crippen MR) is 126 cm³/mol. The smallest absolute Gasteiger partial charge is 0.222 e. The van der Waals surface area contributed by atoms with Crippen LogP contribution in [0, 0.1) is 0 Å². The van der Waals surface area contributed by atoms with Crippen LogP contribution < -0.4 is 20.1 Å². The largest absolute Gasteiger partial charge is 0.486 e. The fraction of sp³-hybridized carbons (Fsp3) is 0.600. The fourth-order valence-corrected chi connectivity index (χ4v) is 3.73. The van der Waals surface area contributed by atoms with Crippen LogP contribution in [-0.2, 0) is 11.2 Å². The highest BCUT2D eigenvalue weighted by molar-refractivity contribution is 14.0. The maximum Gasteiger partial charge on any atom is 0.222 e. The zero-order chi connectivity index (χ0) is 19.9. The van der Waals surface area contributed by atoms with Gasteiger partial charge in [-0.15, -0.1) is 24.0 Å². The molecule has 0 saturated carbocycles. The molecule has 1 atom stereocenters. The number of amides is 1. The number of rotatable bonds is 6. The maximum absolute atomic E-state index is 11.9. The van der Waals surface area contributed by atoms with Crippen molar-refractivity contribution < 1.29 is 14.3 Å². The number of hydrogen-bond acceptors (Lipinski definition) is 4. The molecule has 1 aromatic rings. The average molecular weight is 537 g/mol. The summed E-state index contributed by atoms with van der Waals surface area (Å²) in [5, 5.41) is 7.30. The quantitative estimate of drug-likeness (QED) is 0.332. The van der Waals surface area contributed by atoms with Crippen LogP contribution in [0.1, 0.15) is 32.3 Å². The molecule has 1 aromatic carbocycles. The Morgan fingerprint density at radius 3 is 2.86 bits per heavy atom. The molecular weight excluding hydrogens is 507 g/mol. The van der Waals surface area contributed by atoms with Crippen molar-refractivity contribution in [3.8, 4) is 11.5 Å². The second-order valence-electron chi connectivity index (χ2n) is 6.94. The molecule has 0 bridgehead atoms. The van der Waals surface area contributed by atoms with Crippen LogP contribution in [0.15, 0.2) is 17.1 Å². The molecule has 1 saturated heterocycles. The molecule has 2 heterocycles. The Kier molecular flexibility index (Phi) is 9.61. The van der Waals surface area contributed by atoms with Crippen molar-refractivity contribution in [2.24, 2.45) is 4.99 Å². The van der Waals surface area contributed by atoms with E-state index in [0.717, 1.165) is 44.0 Å². The topological polar surface area (TPSA) is 75.2 Å². The summed E-state index contributed by atoms with van der Waals surface area (Å²) in [6, 6.07) is 4.12. The lowest BCUT2D eigenvalue weighted by molar-refractivity contribution is -0.129. The fourth-order valence-electron chi connectivity index (χ4n) is 3.45. The molecule has 2 aliphatic heterocycles. The average Bonchev–Trinajstić information content (AvgIpc) is 3.16. The van der Waals surface area contributed by atoms with Gasteiger partial charge in [0.05, 0.1) is 5.02 Å². The van der Waals surface area contributed by atoms with E-state index in [2.05, 4.69) is 15.6 Å². The SMILES string of the molecule is CCNC(=NCCc1cc(Cl)c2c(c1)OCCO2)NC1CCN(C(=O)CC)C1.I. The highest BCUT2D eigenvalue weighted by Crippen LogP contribution is 2.38. The third kappa shape index (κ3) is 6.53. The summed E-state index contributed by atoms with van der Waals surface area (Å²) < 4.78 is 11.2. The van der Waals surface area contributed by atoms with Crippen LogP contribution in [0.2, 0.25) is 5.02 Å². The summed E-state index contributed by atoms with van der Waals surface area (Å²) in [4.78, 5) is 18.4. The van der Waals surface area contributed by atoms with Gasteiger partial charge in [0, 0.05) is 38.6 Å². The van der Waals surface area contributed by atoms with E-state index in [-0.39, 0.29) is 35.9 Å². The van der Waals surface area contributed by atoms with Gasteiger partial charge in [-0.2, -0.15) is 0 Å². The number of fused-ring (bicyclic) bond motifs is 1. The highest BCUT2D eigenvalue weighted by atomic mass is 127. The molecule has 3 rings (SSSR count). The Balaban J connectivity index is 0.00000300. The van der Waals surface area contributed by atoms with E-state index in [1.165, 1.54) is 0 Å². The second kappa shape index (κ2) is 11.7. The van der Waals surface area contributed by atoms with Gasteiger partial charge in [-0.3, -0.25) is 9.79 Å². The zero-order valence-electron chi connectivity index (χ0n) is 17.0. The first-order chi connectivity index (χ1) is 13.6. The Bertz CT molecular complexity index is 732. The third-order valence-corrected chi connectivity index (χ3v) is 5.14. The molecule has 0 aliphatic carbocycles. The minimum atomic E-state index is 0. The molecular formula is C20H30ClIN4O3. The van der Waals surface area contributed by atoms with E-state index in [1.54, 1.807) is 0 Å². The van der Waals surface area contributed by atoms with Crippen LogP contribution in [0.25, 0.3) is 0 Å². The van der Waals surface area contributed by atoms with Crippen molar-refractivity contribution in [3.05, 3.63) is 22.7 Å². The first kappa shape index (κ1) is 23.9. The van der Waals surface area contributed by atoms with Crippen LogP contribution in [0.5, 0.6) is 11.5 Å². The van der Waals surface area contributed by atoms with E-state index < -0.39 is 0 Å². The second-order valence-corrected chi connectivity index (χ2v) is 7.34. The van der Waals surface area contributed by atoms with Crippen molar-refractivity contribution in [1.29, 1.82) is 0 Å². The minimum Gasteiger partial charge on any atom is -0.486 e. The van der Waals surface area contributed by atoms with Crippen LogP contribution >= 0.6 is 35.6 Å². The van der Waals surface area contributed by atoms with Gasteiger partial charge in [0.1, 0.15) is 13.2 Å². The molecule has 0 spiro atoms. The van der Waals surface area contributed by atoms with Crippen molar-refractivity contribution in [1.82, 2.24) is 15.5 Å². The Hall–Kier alpha value is -1.42. The van der Waals surface area contributed by atoms with Crippen LogP contribution in [-0.4, -0.2) is 62.2 Å². The number of aliphatic imine (C=N–C) groups is 1. The minimum absolute atomic E-state index is 0. The van der Waals surface area contributed by atoms with E-state index in [9.17, 15) is 4.79 Å². The molecule has 1 fully saturated rings. The highest BCUT2D eigenvalue weighted by Gasteiger charge is 2.25. The van der Waals surface area contributed by atoms with Crippen molar-refractivity contribution in [3.63, 3.8) is 0 Å². The lowest BCUT2D eigenvalue weighted by Gasteiger charge is -2.20. The lowest BCUT2D eigenvalue weighted by Crippen LogP contribution is -2.45. The summed E-state index contributed by atoms with van der Waals surface area (Å²) in [5.41, 5.74) is 1.06. The van der Waals surface area contributed by atoms with Crippen molar-refractivity contribution in [2.75, 3.05) is 39.4 Å². The molecule has 2 N–H and O–H groups in total. The molecule has 162 valence electrons. The van der Waals surface area contributed by atoms with Gasteiger partial charge < -0.3 is 25.0 Å². The monoisotopic (exact) mass is 536 g/mol. The number of carbonyl (C=O) groups excluding carboxylic acids is 1. The predicted octanol–water partition coefficient (Wildman–Crippen LogP) is 2.84. The van der Waals surface area contributed by atoms with Gasteiger partial charge in [-0.25, -0.2) is 0 Å². The third-order valence-electron chi connectivity index (χ3n) is 4.86. The molecule has 2 aliphatic rings. The van der Waals surface area contributed by atoms with Gasteiger partial charge in [0.2, 0.25) is 5.91 Å². The van der Waals surface area contributed by atoms with Crippen molar-refractivity contribution >= 4 is 47.4 Å². The zero-order valence-corrected chi connectivity index (χ0v) is 20.1. The molecule has 29 heavy (non-hydrogen) atoms. The lowest BCUT2D eigenvalue weighted by atomic mass is 10.1. The standard InChI is InChI=1S/C20H29ClN4O3.HI/c1-3-18(26)25-8-6-15(13-25)24-20(22-4-2)23-7-5-14-11-16(21)19-17(12-14)27-9-10-28-19;/h11-12,15H,3-10,13H2,1-2H3,(H2,22,23,24);1H. The normalized spacial score (nSPS) is 18.2. The molecule has 1 amide bonds. The number of hydrogen-bond donors (Lipinski definition) is 2. The van der Waals surface area contributed by atoms with Gasteiger partial charge >= 0.3 is 0 Å². The summed E-state index contributed by atoms with van der Waals surface area (Å²) in [5.74, 6) is 2.32. The van der Waals surface area contributed by atoms with E-state index >= 15 is 0 Å².